The standard InChI is InChI=1S/C12H14N4O3/c1-2-8(7-13)12-14-11(15-19-12)9-3-5-10(6-4-9)16(17)18/h3-6,8H,2,7,13H2,1H3. The summed E-state index contributed by atoms with van der Waals surface area (Å²) in [7, 11) is 0. The number of benzene rings is 1. The normalized spacial score (nSPS) is 12.3. The average Bonchev–Trinajstić information content (AvgIpc) is 2.90. The van der Waals surface area contributed by atoms with E-state index < -0.39 is 4.92 Å². The van der Waals surface area contributed by atoms with Gasteiger partial charge < -0.3 is 10.3 Å². The lowest BCUT2D eigenvalue weighted by Gasteiger charge is -2.04. The number of hydrogen-bond donors (Lipinski definition) is 1. The number of rotatable bonds is 5. The van der Waals surface area contributed by atoms with Crippen molar-refractivity contribution in [3.63, 3.8) is 0 Å². The smallest absolute Gasteiger partial charge is 0.269 e. The van der Waals surface area contributed by atoms with Gasteiger partial charge in [0.1, 0.15) is 0 Å². The molecule has 1 aromatic heterocycles. The van der Waals surface area contributed by atoms with Crippen LogP contribution >= 0.6 is 0 Å². The van der Waals surface area contributed by atoms with Crippen molar-refractivity contribution in [1.82, 2.24) is 10.1 Å². The molecule has 2 aromatic rings. The topological polar surface area (TPSA) is 108 Å². The molecule has 7 heteroatoms. The van der Waals surface area contributed by atoms with Crippen LogP contribution in [0.2, 0.25) is 0 Å². The Morgan fingerprint density at radius 2 is 2.11 bits per heavy atom. The molecule has 0 aliphatic rings. The van der Waals surface area contributed by atoms with E-state index in [1.165, 1.54) is 12.1 Å². The van der Waals surface area contributed by atoms with Crippen LogP contribution < -0.4 is 5.73 Å². The molecule has 7 nitrogen and oxygen atoms in total. The van der Waals surface area contributed by atoms with Gasteiger partial charge in [0.15, 0.2) is 0 Å². The second-order valence-corrected chi connectivity index (χ2v) is 4.10. The summed E-state index contributed by atoms with van der Waals surface area (Å²) in [6.07, 6.45) is 0.818. The molecular formula is C12H14N4O3. The number of non-ortho nitro benzene ring substituents is 1. The molecule has 0 radical (unpaired) electrons. The molecule has 0 saturated carbocycles. The van der Waals surface area contributed by atoms with Gasteiger partial charge in [0, 0.05) is 24.2 Å². The Hall–Kier alpha value is -2.28. The van der Waals surface area contributed by atoms with Gasteiger partial charge in [0.05, 0.1) is 10.8 Å². The molecule has 2 N–H and O–H groups in total. The van der Waals surface area contributed by atoms with E-state index in [4.69, 9.17) is 10.3 Å². The molecule has 0 spiro atoms. The number of nitro groups is 1. The van der Waals surface area contributed by atoms with Crippen molar-refractivity contribution in [1.29, 1.82) is 0 Å². The first-order valence-corrected chi connectivity index (χ1v) is 5.94. The highest BCUT2D eigenvalue weighted by molar-refractivity contribution is 5.56. The van der Waals surface area contributed by atoms with Crippen molar-refractivity contribution < 1.29 is 9.45 Å². The zero-order valence-corrected chi connectivity index (χ0v) is 10.4. The van der Waals surface area contributed by atoms with Gasteiger partial charge >= 0.3 is 0 Å². The minimum atomic E-state index is -0.451. The van der Waals surface area contributed by atoms with Gasteiger partial charge in [-0.3, -0.25) is 10.1 Å². The van der Waals surface area contributed by atoms with Crippen molar-refractivity contribution >= 4 is 5.69 Å². The molecule has 1 aromatic carbocycles. The van der Waals surface area contributed by atoms with Crippen LogP contribution in [-0.4, -0.2) is 21.6 Å². The van der Waals surface area contributed by atoms with Crippen LogP contribution in [0.15, 0.2) is 28.8 Å². The molecule has 0 fully saturated rings. The predicted octanol–water partition coefficient (Wildman–Crippen LogP) is 2.10. The molecule has 1 heterocycles. The summed E-state index contributed by atoms with van der Waals surface area (Å²) in [5.74, 6) is 0.953. The van der Waals surface area contributed by atoms with E-state index >= 15 is 0 Å². The van der Waals surface area contributed by atoms with Crippen LogP contribution in [-0.2, 0) is 0 Å². The summed E-state index contributed by atoms with van der Waals surface area (Å²) in [5, 5.41) is 14.4. The Labute approximate surface area is 109 Å². The van der Waals surface area contributed by atoms with E-state index in [-0.39, 0.29) is 11.6 Å². The van der Waals surface area contributed by atoms with E-state index in [0.717, 1.165) is 6.42 Å². The lowest BCUT2D eigenvalue weighted by atomic mass is 10.1. The third-order valence-corrected chi connectivity index (χ3v) is 2.90. The first-order valence-electron chi connectivity index (χ1n) is 5.94. The van der Waals surface area contributed by atoms with Gasteiger partial charge in [-0.15, -0.1) is 0 Å². The lowest BCUT2D eigenvalue weighted by Crippen LogP contribution is -2.11. The van der Waals surface area contributed by atoms with Gasteiger partial charge in [-0.25, -0.2) is 0 Å². The van der Waals surface area contributed by atoms with E-state index in [9.17, 15) is 10.1 Å². The Morgan fingerprint density at radius 3 is 2.63 bits per heavy atom. The lowest BCUT2D eigenvalue weighted by molar-refractivity contribution is -0.384. The Bertz CT molecular complexity index is 561. The van der Waals surface area contributed by atoms with Gasteiger partial charge in [0.25, 0.3) is 5.69 Å². The fourth-order valence-corrected chi connectivity index (χ4v) is 1.69. The second-order valence-electron chi connectivity index (χ2n) is 4.10. The van der Waals surface area contributed by atoms with Crippen LogP contribution in [0.25, 0.3) is 11.4 Å². The monoisotopic (exact) mass is 262 g/mol. The first kappa shape index (κ1) is 13.2. The zero-order valence-electron chi connectivity index (χ0n) is 10.4. The maximum Gasteiger partial charge on any atom is 0.269 e. The molecular weight excluding hydrogens is 248 g/mol. The molecule has 1 atom stereocenters. The SMILES string of the molecule is CCC(CN)c1nc(-c2ccc([N+](=O)[O-])cc2)no1. The largest absolute Gasteiger partial charge is 0.339 e. The molecule has 0 bridgehead atoms. The number of nitro benzene ring substituents is 1. The third kappa shape index (κ3) is 2.76. The molecule has 1 unspecified atom stereocenters. The van der Waals surface area contributed by atoms with E-state index in [1.807, 2.05) is 6.92 Å². The zero-order chi connectivity index (χ0) is 13.8. The summed E-state index contributed by atoms with van der Waals surface area (Å²) in [5.41, 5.74) is 6.32. The number of nitrogens with zero attached hydrogens (tertiary/aromatic N) is 3. The summed E-state index contributed by atoms with van der Waals surface area (Å²) < 4.78 is 5.17. The van der Waals surface area contributed by atoms with Gasteiger partial charge in [-0.05, 0) is 18.6 Å². The Kier molecular flexibility index (Phi) is 3.86. The van der Waals surface area contributed by atoms with Crippen molar-refractivity contribution in [2.24, 2.45) is 5.73 Å². The molecule has 19 heavy (non-hydrogen) atoms. The minimum absolute atomic E-state index is 0.0286. The van der Waals surface area contributed by atoms with Crippen LogP contribution in [0, 0.1) is 10.1 Å². The van der Waals surface area contributed by atoms with Crippen molar-refractivity contribution in [2.75, 3.05) is 6.54 Å². The van der Waals surface area contributed by atoms with Crippen molar-refractivity contribution in [3.8, 4) is 11.4 Å². The fourth-order valence-electron chi connectivity index (χ4n) is 1.69. The number of nitrogens with two attached hydrogens (primary N) is 1. The Morgan fingerprint density at radius 1 is 1.42 bits per heavy atom. The molecule has 100 valence electrons. The van der Waals surface area contributed by atoms with Crippen molar-refractivity contribution in [3.05, 3.63) is 40.3 Å². The van der Waals surface area contributed by atoms with Gasteiger partial charge in [-0.2, -0.15) is 4.98 Å². The van der Waals surface area contributed by atoms with Crippen LogP contribution in [0.1, 0.15) is 25.2 Å². The second kappa shape index (κ2) is 5.57. The van der Waals surface area contributed by atoms with E-state index in [0.29, 0.717) is 23.8 Å². The van der Waals surface area contributed by atoms with Crippen LogP contribution in [0.5, 0.6) is 0 Å². The minimum Gasteiger partial charge on any atom is -0.339 e. The molecule has 0 aliphatic carbocycles. The van der Waals surface area contributed by atoms with Crippen LogP contribution in [0.4, 0.5) is 5.69 Å². The summed E-state index contributed by atoms with van der Waals surface area (Å²) in [4.78, 5) is 14.4. The highest BCUT2D eigenvalue weighted by atomic mass is 16.6. The van der Waals surface area contributed by atoms with Gasteiger partial charge in [0.2, 0.25) is 11.7 Å². The van der Waals surface area contributed by atoms with E-state index in [1.54, 1.807) is 12.1 Å². The average molecular weight is 262 g/mol. The molecule has 0 amide bonds. The maximum atomic E-state index is 10.6. The number of aromatic nitrogens is 2. The van der Waals surface area contributed by atoms with Crippen LogP contribution in [0.3, 0.4) is 0 Å². The number of hydrogen-bond acceptors (Lipinski definition) is 6. The molecule has 2 rings (SSSR count). The predicted molar refractivity (Wildman–Crippen MR) is 68.5 cm³/mol. The van der Waals surface area contributed by atoms with E-state index in [2.05, 4.69) is 10.1 Å². The molecule has 0 aliphatic heterocycles. The summed E-state index contributed by atoms with van der Waals surface area (Å²) in [6.45, 7) is 2.44. The van der Waals surface area contributed by atoms with Gasteiger partial charge in [-0.1, -0.05) is 12.1 Å². The fraction of sp³-hybridized carbons (Fsp3) is 0.333. The summed E-state index contributed by atoms with van der Waals surface area (Å²) in [6, 6.07) is 6.00. The first-order chi connectivity index (χ1) is 9.15. The highest BCUT2D eigenvalue weighted by Gasteiger charge is 2.16. The van der Waals surface area contributed by atoms with Crippen molar-refractivity contribution in [2.45, 2.75) is 19.3 Å². The quantitative estimate of drug-likeness (QED) is 0.652. The third-order valence-electron chi connectivity index (χ3n) is 2.90. The summed E-state index contributed by atoms with van der Waals surface area (Å²) >= 11 is 0. The maximum absolute atomic E-state index is 10.6. The molecule has 0 saturated heterocycles. The Balaban J connectivity index is 2.25. The highest BCUT2D eigenvalue weighted by Crippen LogP contribution is 2.23.